The highest BCUT2D eigenvalue weighted by Gasteiger charge is 2.35. The van der Waals surface area contributed by atoms with Crippen molar-refractivity contribution in [2.24, 2.45) is 0 Å². The number of aromatic amines is 1. The molecule has 2 N–H and O–H groups in total. The second-order valence-corrected chi connectivity index (χ2v) is 7.40. The average Bonchev–Trinajstić information content (AvgIpc) is 3.24. The number of fused-ring (bicyclic) bond motifs is 1. The maximum atomic E-state index is 13.9. The second-order valence-electron chi connectivity index (χ2n) is 6.99. The van der Waals surface area contributed by atoms with Gasteiger partial charge in [-0.1, -0.05) is 17.2 Å². The van der Waals surface area contributed by atoms with Crippen LogP contribution in [0, 0.1) is 0 Å². The first-order valence-corrected chi connectivity index (χ1v) is 9.21. The predicted molar refractivity (Wildman–Crippen MR) is 102 cm³/mol. The fraction of sp³-hybridized carbons (Fsp3) is 0.421. The lowest BCUT2D eigenvalue weighted by molar-refractivity contribution is -0.132. The summed E-state index contributed by atoms with van der Waals surface area (Å²) in [5.74, 6) is -0.433. The molecule has 0 unspecified atom stereocenters. The molecule has 1 aromatic heterocycles. The number of likely N-dealkylation sites (tertiary alicyclic amines) is 1. The van der Waals surface area contributed by atoms with E-state index < -0.39 is 6.17 Å². The van der Waals surface area contributed by atoms with Crippen molar-refractivity contribution < 1.29 is 14.0 Å². The molecule has 0 spiro atoms. The molecule has 3 rings (SSSR count). The van der Waals surface area contributed by atoms with E-state index in [4.69, 9.17) is 11.6 Å². The van der Waals surface area contributed by atoms with Crippen molar-refractivity contribution in [3.05, 3.63) is 41.1 Å². The van der Waals surface area contributed by atoms with Crippen LogP contribution in [0.4, 0.5) is 4.39 Å². The zero-order valence-electron chi connectivity index (χ0n) is 15.1. The van der Waals surface area contributed by atoms with E-state index in [1.165, 1.54) is 4.90 Å². The molecule has 27 heavy (non-hydrogen) atoms. The number of amides is 2. The third-order valence-electron chi connectivity index (χ3n) is 4.71. The molecule has 0 bridgehead atoms. The summed E-state index contributed by atoms with van der Waals surface area (Å²) in [6, 6.07) is 2.89. The monoisotopic (exact) mass is 392 g/mol. The Bertz CT molecular complexity index is 882. The standard InChI is InChI=1S/C19H22ClFN4O2/c1-11(2)3-4-17(26)25-10-14(21)7-15(25)9-22-19(27)12-5-13-8-23-24-18(13)16(20)6-12/h5-6,8,14-15H,1,3-4,7,9-10H2,2H3,(H,22,27)(H,23,24)/t14-,15-/m0/s1. The fourth-order valence-electron chi connectivity index (χ4n) is 3.28. The van der Waals surface area contributed by atoms with Crippen LogP contribution in [0.5, 0.6) is 0 Å². The molecular weight excluding hydrogens is 371 g/mol. The van der Waals surface area contributed by atoms with Crippen molar-refractivity contribution in [2.45, 2.75) is 38.4 Å². The molecule has 8 heteroatoms. The van der Waals surface area contributed by atoms with E-state index in [9.17, 15) is 14.0 Å². The number of hydrogen-bond acceptors (Lipinski definition) is 3. The lowest BCUT2D eigenvalue weighted by atomic mass is 10.1. The van der Waals surface area contributed by atoms with E-state index in [2.05, 4.69) is 22.1 Å². The number of benzene rings is 1. The maximum absolute atomic E-state index is 13.9. The van der Waals surface area contributed by atoms with Gasteiger partial charge in [0.25, 0.3) is 5.91 Å². The largest absolute Gasteiger partial charge is 0.350 e. The minimum atomic E-state index is -1.07. The van der Waals surface area contributed by atoms with Crippen molar-refractivity contribution in [3.63, 3.8) is 0 Å². The Hall–Kier alpha value is -2.41. The first kappa shape index (κ1) is 19.4. The number of nitrogens with one attached hydrogen (secondary N) is 2. The first-order valence-electron chi connectivity index (χ1n) is 8.84. The number of allylic oxidation sites excluding steroid dienone is 1. The molecule has 1 aliphatic heterocycles. The molecule has 1 saturated heterocycles. The fourth-order valence-corrected chi connectivity index (χ4v) is 3.55. The number of carbonyl (C=O) groups excluding carboxylic acids is 2. The van der Waals surface area contributed by atoms with E-state index in [1.54, 1.807) is 18.3 Å². The van der Waals surface area contributed by atoms with Gasteiger partial charge in [-0.15, -0.1) is 6.58 Å². The number of H-pyrrole nitrogens is 1. The summed E-state index contributed by atoms with van der Waals surface area (Å²) < 4.78 is 13.9. The van der Waals surface area contributed by atoms with Crippen LogP contribution in [0.25, 0.3) is 10.9 Å². The minimum absolute atomic E-state index is 0.0718. The molecule has 0 saturated carbocycles. The molecule has 0 radical (unpaired) electrons. The van der Waals surface area contributed by atoms with Crippen molar-refractivity contribution in [1.82, 2.24) is 20.4 Å². The van der Waals surface area contributed by atoms with Crippen molar-refractivity contribution in [1.29, 1.82) is 0 Å². The smallest absolute Gasteiger partial charge is 0.251 e. The lowest BCUT2D eigenvalue weighted by Crippen LogP contribution is -2.43. The van der Waals surface area contributed by atoms with E-state index in [0.29, 0.717) is 28.9 Å². The summed E-state index contributed by atoms with van der Waals surface area (Å²) in [5, 5.41) is 10.6. The highest BCUT2D eigenvalue weighted by atomic mass is 35.5. The maximum Gasteiger partial charge on any atom is 0.251 e. The molecule has 1 fully saturated rings. The third-order valence-corrected chi connectivity index (χ3v) is 5.01. The van der Waals surface area contributed by atoms with E-state index in [1.807, 2.05) is 6.92 Å². The van der Waals surface area contributed by atoms with Crippen LogP contribution in [0.15, 0.2) is 30.5 Å². The van der Waals surface area contributed by atoms with E-state index in [0.717, 1.165) is 11.0 Å². The van der Waals surface area contributed by atoms with Gasteiger partial charge in [0.15, 0.2) is 0 Å². The zero-order chi connectivity index (χ0) is 19.6. The molecule has 2 amide bonds. The normalized spacial score (nSPS) is 19.4. The van der Waals surface area contributed by atoms with Gasteiger partial charge in [-0.05, 0) is 25.5 Å². The quantitative estimate of drug-likeness (QED) is 0.741. The number of aromatic nitrogens is 2. The number of rotatable bonds is 6. The topological polar surface area (TPSA) is 78.1 Å². The van der Waals surface area contributed by atoms with Gasteiger partial charge in [-0.2, -0.15) is 5.10 Å². The number of alkyl halides is 1. The third kappa shape index (κ3) is 4.47. The summed E-state index contributed by atoms with van der Waals surface area (Å²) in [6.45, 7) is 5.91. The van der Waals surface area contributed by atoms with Gasteiger partial charge >= 0.3 is 0 Å². The molecule has 2 heterocycles. The van der Waals surface area contributed by atoms with E-state index in [-0.39, 0.29) is 37.4 Å². The Morgan fingerprint density at radius 2 is 2.22 bits per heavy atom. The van der Waals surface area contributed by atoms with Crippen LogP contribution in [0.3, 0.4) is 0 Å². The van der Waals surface area contributed by atoms with Crippen molar-refractivity contribution >= 4 is 34.3 Å². The molecule has 6 nitrogen and oxygen atoms in total. The molecule has 144 valence electrons. The number of hydrogen-bond donors (Lipinski definition) is 2. The van der Waals surface area contributed by atoms with Gasteiger partial charge < -0.3 is 10.2 Å². The molecule has 0 aliphatic carbocycles. The van der Waals surface area contributed by atoms with Gasteiger partial charge in [0, 0.05) is 30.3 Å². The van der Waals surface area contributed by atoms with Gasteiger partial charge in [0.05, 0.1) is 29.3 Å². The van der Waals surface area contributed by atoms with Crippen LogP contribution in [-0.4, -0.2) is 52.2 Å². The summed E-state index contributed by atoms with van der Waals surface area (Å²) in [4.78, 5) is 26.4. The Morgan fingerprint density at radius 1 is 1.44 bits per heavy atom. The van der Waals surface area contributed by atoms with Crippen LogP contribution >= 0.6 is 11.6 Å². The minimum Gasteiger partial charge on any atom is -0.350 e. The van der Waals surface area contributed by atoms with Crippen LogP contribution in [0.2, 0.25) is 5.02 Å². The lowest BCUT2D eigenvalue weighted by Gasteiger charge is -2.24. The molecular formula is C19H22ClFN4O2. The van der Waals surface area contributed by atoms with Crippen molar-refractivity contribution in [3.8, 4) is 0 Å². The number of nitrogens with zero attached hydrogens (tertiary/aromatic N) is 2. The van der Waals surface area contributed by atoms with Crippen molar-refractivity contribution in [2.75, 3.05) is 13.1 Å². The average molecular weight is 393 g/mol. The number of carbonyl (C=O) groups is 2. The Balaban J connectivity index is 1.63. The van der Waals surface area contributed by atoms with Gasteiger partial charge in [0.1, 0.15) is 6.17 Å². The second kappa shape index (κ2) is 8.08. The summed E-state index contributed by atoms with van der Waals surface area (Å²) >= 11 is 6.16. The highest BCUT2D eigenvalue weighted by Crippen LogP contribution is 2.24. The molecule has 1 aliphatic rings. The van der Waals surface area contributed by atoms with Gasteiger partial charge in [0.2, 0.25) is 5.91 Å². The molecule has 2 atom stereocenters. The molecule has 2 aromatic rings. The van der Waals surface area contributed by atoms with Gasteiger partial charge in [-0.3, -0.25) is 14.7 Å². The van der Waals surface area contributed by atoms with E-state index >= 15 is 0 Å². The number of halogens is 2. The Morgan fingerprint density at radius 3 is 2.96 bits per heavy atom. The highest BCUT2D eigenvalue weighted by molar-refractivity contribution is 6.35. The molecule has 1 aromatic carbocycles. The zero-order valence-corrected chi connectivity index (χ0v) is 15.9. The summed E-state index contributed by atoms with van der Waals surface area (Å²) in [6.07, 6.45) is 1.62. The van der Waals surface area contributed by atoms with Crippen LogP contribution in [-0.2, 0) is 4.79 Å². The summed E-state index contributed by atoms with van der Waals surface area (Å²) in [5.41, 5.74) is 1.97. The van der Waals surface area contributed by atoms with Crippen LogP contribution in [0.1, 0.15) is 36.5 Å². The Kier molecular flexibility index (Phi) is 5.79. The summed E-state index contributed by atoms with van der Waals surface area (Å²) in [7, 11) is 0. The SMILES string of the molecule is C=C(C)CCC(=O)N1C[C@@H](F)C[C@H]1CNC(=O)c1cc(Cl)c2[nH]ncc2c1. The van der Waals surface area contributed by atoms with Gasteiger partial charge in [-0.25, -0.2) is 4.39 Å². The van der Waals surface area contributed by atoms with Crippen LogP contribution < -0.4 is 5.32 Å². The predicted octanol–water partition coefficient (Wildman–Crippen LogP) is 3.24. The Labute approximate surface area is 161 Å². The first-order chi connectivity index (χ1) is 12.8.